The summed E-state index contributed by atoms with van der Waals surface area (Å²) in [6.45, 7) is 8.99. The van der Waals surface area contributed by atoms with Crippen molar-refractivity contribution in [3.63, 3.8) is 0 Å². The fraction of sp³-hybridized carbons (Fsp3) is 0.588. The second-order valence-electron chi connectivity index (χ2n) is 6.55. The van der Waals surface area contributed by atoms with Crippen molar-refractivity contribution in [1.29, 1.82) is 0 Å². The van der Waals surface area contributed by atoms with Crippen LogP contribution in [0.2, 0.25) is 0 Å². The van der Waals surface area contributed by atoms with Gasteiger partial charge in [0.2, 0.25) is 5.91 Å². The Morgan fingerprint density at radius 1 is 1.38 bits per heavy atom. The molecule has 0 saturated carbocycles. The van der Waals surface area contributed by atoms with Crippen LogP contribution < -0.4 is 0 Å². The van der Waals surface area contributed by atoms with Gasteiger partial charge >= 0.3 is 0 Å². The molecule has 1 aliphatic heterocycles. The van der Waals surface area contributed by atoms with Crippen LogP contribution in [-0.4, -0.2) is 47.3 Å². The fourth-order valence-electron chi connectivity index (χ4n) is 2.78. The minimum absolute atomic E-state index is 0.0587. The van der Waals surface area contributed by atoms with Gasteiger partial charge in [0.15, 0.2) is 0 Å². The van der Waals surface area contributed by atoms with Gasteiger partial charge in [-0.2, -0.15) is 0 Å². The van der Waals surface area contributed by atoms with E-state index < -0.39 is 5.60 Å². The number of carbonyl (C=O) groups is 1. The van der Waals surface area contributed by atoms with E-state index in [2.05, 4.69) is 26.0 Å². The fourth-order valence-corrected chi connectivity index (χ4v) is 2.78. The molecule has 1 fully saturated rings. The molecule has 2 rings (SSSR count). The van der Waals surface area contributed by atoms with Crippen LogP contribution in [0.3, 0.4) is 0 Å². The topological polar surface area (TPSA) is 49.8 Å². The van der Waals surface area contributed by atoms with E-state index in [4.69, 9.17) is 4.74 Å². The van der Waals surface area contributed by atoms with Crippen molar-refractivity contribution >= 4 is 5.91 Å². The van der Waals surface area contributed by atoms with E-state index in [0.717, 1.165) is 5.56 Å². The molecule has 1 aromatic carbocycles. The Morgan fingerprint density at radius 3 is 2.71 bits per heavy atom. The van der Waals surface area contributed by atoms with E-state index in [1.54, 1.807) is 4.90 Å². The molecule has 4 heteroatoms. The van der Waals surface area contributed by atoms with E-state index in [9.17, 15) is 9.90 Å². The Balaban J connectivity index is 2.06. The van der Waals surface area contributed by atoms with Gasteiger partial charge in [0.05, 0.1) is 24.7 Å². The Hall–Kier alpha value is -1.39. The third-order valence-corrected chi connectivity index (χ3v) is 3.96. The zero-order valence-electron chi connectivity index (χ0n) is 13.3. The molecule has 21 heavy (non-hydrogen) atoms. The number of hydrogen-bond acceptors (Lipinski definition) is 3. The maximum absolute atomic E-state index is 12.5. The molecule has 4 nitrogen and oxygen atoms in total. The molecule has 116 valence electrons. The Labute approximate surface area is 126 Å². The highest BCUT2D eigenvalue weighted by atomic mass is 16.5. The van der Waals surface area contributed by atoms with Crippen LogP contribution in [0.5, 0.6) is 0 Å². The second-order valence-corrected chi connectivity index (χ2v) is 6.55. The molecule has 0 aromatic heterocycles. The van der Waals surface area contributed by atoms with Crippen LogP contribution in [0, 0.1) is 13.8 Å². The lowest BCUT2D eigenvalue weighted by molar-refractivity contribution is -0.166. The summed E-state index contributed by atoms with van der Waals surface area (Å²) >= 11 is 0. The minimum Gasteiger partial charge on any atom is -0.394 e. The summed E-state index contributed by atoms with van der Waals surface area (Å²) in [5.41, 5.74) is 3.06. The molecule has 1 N–H and O–H groups in total. The largest absolute Gasteiger partial charge is 0.394 e. The Bertz CT molecular complexity index is 525. The van der Waals surface area contributed by atoms with Crippen molar-refractivity contribution in [3.8, 4) is 0 Å². The smallest absolute Gasteiger partial charge is 0.227 e. The van der Waals surface area contributed by atoms with Gasteiger partial charge < -0.3 is 14.7 Å². The normalized spacial score (nSPS) is 21.4. The number of amides is 1. The molecule has 1 unspecified atom stereocenters. The first-order valence-corrected chi connectivity index (χ1v) is 7.43. The van der Waals surface area contributed by atoms with Crippen LogP contribution in [0.15, 0.2) is 18.2 Å². The van der Waals surface area contributed by atoms with Crippen molar-refractivity contribution in [2.24, 2.45) is 0 Å². The summed E-state index contributed by atoms with van der Waals surface area (Å²) in [7, 11) is 0. The number of nitrogens with zero attached hydrogens (tertiary/aromatic N) is 1. The molecule has 0 spiro atoms. The predicted octanol–water partition coefficient (Wildman–Crippen LogP) is 1.84. The monoisotopic (exact) mass is 291 g/mol. The lowest BCUT2D eigenvalue weighted by atomic mass is 10.0. The van der Waals surface area contributed by atoms with Gasteiger partial charge in [0, 0.05) is 13.1 Å². The van der Waals surface area contributed by atoms with Crippen LogP contribution >= 0.6 is 0 Å². The van der Waals surface area contributed by atoms with Crippen LogP contribution in [0.25, 0.3) is 0 Å². The van der Waals surface area contributed by atoms with Gasteiger partial charge in [0.1, 0.15) is 0 Å². The van der Waals surface area contributed by atoms with Crippen LogP contribution in [-0.2, 0) is 16.0 Å². The lowest BCUT2D eigenvalue weighted by Crippen LogP contribution is -2.55. The van der Waals surface area contributed by atoms with Crippen molar-refractivity contribution in [1.82, 2.24) is 4.90 Å². The standard InChI is InChI=1S/C17H25NO3/c1-12-5-6-14(7-13(12)2)8-16(20)18-9-15(10-19)21-17(3,4)11-18/h5-7,15,19H,8-11H2,1-4H3. The summed E-state index contributed by atoms with van der Waals surface area (Å²) in [5.74, 6) is 0.0908. The van der Waals surface area contributed by atoms with E-state index in [0.29, 0.717) is 19.5 Å². The molecular formula is C17H25NO3. The summed E-state index contributed by atoms with van der Waals surface area (Å²) in [4.78, 5) is 14.3. The van der Waals surface area contributed by atoms with Gasteiger partial charge in [-0.25, -0.2) is 0 Å². The number of aliphatic hydroxyl groups excluding tert-OH is 1. The van der Waals surface area contributed by atoms with E-state index in [1.807, 2.05) is 19.9 Å². The van der Waals surface area contributed by atoms with Gasteiger partial charge in [-0.1, -0.05) is 18.2 Å². The third kappa shape index (κ3) is 4.05. The van der Waals surface area contributed by atoms with Gasteiger partial charge in [0.25, 0.3) is 0 Å². The summed E-state index contributed by atoms with van der Waals surface area (Å²) < 4.78 is 5.74. The quantitative estimate of drug-likeness (QED) is 0.924. The van der Waals surface area contributed by atoms with Gasteiger partial charge in [-0.05, 0) is 44.4 Å². The molecule has 1 aromatic rings. The third-order valence-electron chi connectivity index (χ3n) is 3.96. The number of benzene rings is 1. The first kappa shape index (κ1) is 16.0. The lowest BCUT2D eigenvalue weighted by Gasteiger charge is -2.42. The molecule has 1 aliphatic rings. The molecule has 0 radical (unpaired) electrons. The maximum Gasteiger partial charge on any atom is 0.227 e. The van der Waals surface area contributed by atoms with Crippen molar-refractivity contribution < 1.29 is 14.6 Å². The van der Waals surface area contributed by atoms with Crippen LogP contribution in [0.1, 0.15) is 30.5 Å². The number of morpholine rings is 1. The Morgan fingerprint density at radius 2 is 2.10 bits per heavy atom. The molecule has 1 heterocycles. The first-order chi connectivity index (χ1) is 9.80. The van der Waals surface area contributed by atoms with Crippen LogP contribution in [0.4, 0.5) is 0 Å². The molecular weight excluding hydrogens is 266 g/mol. The number of aryl methyl sites for hydroxylation is 2. The number of ether oxygens (including phenoxy) is 1. The van der Waals surface area contributed by atoms with E-state index >= 15 is 0 Å². The van der Waals surface area contributed by atoms with Crippen molar-refractivity contribution in [3.05, 3.63) is 34.9 Å². The number of aliphatic hydroxyl groups is 1. The number of hydrogen-bond donors (Lipinski definition) is 1. The predicted molar refractivity (Wildman–Crippen MR) is 82.2 cm³/mol. The SMILES string of the molecule is Cc1ccc(CC(=O)N2CC(CO)OC(C)(C)C2)cc1C. The molecule has 0 aliphatic carbocycles. The highest BCUT2D eigenvalue weighted by Crippen LogP contribution is 2.22. The first-order valence-electron chi connectivity index (χ1n) is 7.43. The summed E-state index contributed by atoms with van der Waals surface area (Å²) in [6, 6.07) is 6.13. The van der Waals surface area contributed by atoms with Gasteiger partial charge in [-0.15, -0.1) is 0 Å². The zero-order chi connectivity index (χ0) is 15.6. The molecule has 1 atom stereocenters. The van der Waals surface area contributed by atoms with Crippen molar-refractivity contribution in [2.45, 2.75) is 45.8 Å². The average Bonchev–Trinajstić information content (AvgIpc) is 2.41. The van der Waals surface area contributed by atoms with E-state index in [1.165, 1.54) is 11.1 Å². The Kier molecular flexibility index (Phi) is 4.69. The maximum atomic E-state index is 12.5. The summed E-state index contributed by atoms with van der Waals surface area (Å²) in [6.07, 6.45) is 0.104. The van der Waals surface area contributed by atoms with E-state index in [-0.39, 0.29) is 18.6 Å². The molecule has 0 bridgehead atoms. The average molecular weight is 291 g/mol. The summed E-state index contributed by atoms with van der Waals surface area (Å²) in [5, 5.41) is 9.32. The van der Waals surface area contributed by atoms with Crippen molar-refractivity contribution in [2.75, 3.05) is 19.7 Å². The minimum atomic E-state index is -0.412. The number of carbonyl (C=O) groups excluding carboxylic acids is 1. The zero-order valence-corrected chi connectivity index (χ0v) is 13.3. The number of rotatable bonds is 3. The highest BCUT2D eigenvalue weighted by Gasteiger charge is 2.35. The second kappa shape index (κ2) is 6.16. The molecule has 1 saturated heterocycles. The highest BCUT2D eigenvalue weighted by molar-refractivity contribution is 5.79. The molecule has 1 amide bonds. The van der Waals surface area contributed by atoms with Gasteiger partial charge in [-0.3, -0.25) is 4.79 Å².